The van der Waals surface area contributed by atoms with Gasteiger partial charge in [0.25, 0.3) is 5.91 Å². The van der Waals surface area contributed by atoms with Gasteiger partial charge in [0, 0.05) is 38.3 Å². The fourth-order valence-corrected chi connectivity index (χ4v) is 3.47. The summed E-state index contributed by atoms with van der Waals surface area (Å²) < 4.78 is 1.76. The summed E-state index contributed by atoms with van der Waals surface area (Å²) in [4.78, 5) is 28.9. The number of carbonyl (C=O) groups excluding carboxylic acids is 2. The number of aryl methyl sites for hydroxylation is 2. The quantitative estimate of drug-likeness (QED) is 0.844. The van der Waals surface area contributed by atoms with Crippen LogP contribution in [0.5, 0.6) is 0 Å². The molecule has 2 heterocycles. The minimum absolute atomic E-state index is 0.0179. The Labute approximate surface area is 159 Å². The van der Waals surface area contributed by atoms with Gasteiger partial charge in [-0.1, -0.05) is 11.6 Å². The molecule has 3 rings (SSSR count). The molecule has 0 radical (unpaired) electrons. The number of rotatable bonds is 6. The number of benzene rings is 1. The zero-order valence-corrected chi connectivity index (χ0v) is 16.4. The molecule has 1 aliphatic heterocycles. The highest BCUT2D eigenvalue weighted by molar-refractivity contribution is 6.05. The van der Waals surface area contributed by atoms with E-state index in [0.717, 1.165) is 17.5 Å². The molecule has 1 atom stereocenters. The van der Waals surface area contributed by atoms with Crippen LogP contribution in [0.4, 0.5) is 5.69 Å². The van der Waals surface area contributed by atoms with Crippen molar-refractivity contribution in [2.24, 2.45) is 7.05 Å². The fraction of sp³-hybridized carbons (Fsp3) is 0.450. The number of hydrogen-bond donors (Lipinski definition) is 1. The SMILES string of the molecule is Cc1ccc(N2CCCC2=O)c(C(=O)NCC(c2cnn(C)c2)N(C)C)c1. The van der Waals surface area contributed by atoms with Crippen molar-refractivity contribution in [1.29, 1.82) is 0 Å². The Morgan fingerprint density at radius 1 is 1.37 bits per heavy atom. The molecular weight excluding hydrogens is 342 g/mol. The highest BCUT2D eigenvalue weighted by atomic mass is 16.2. The Kier molecular flexibility index (Phi) is 5.60. The van der Waals surface area contributed by atoms with Gasteiger partial charge in [-0.3, -0.25) is 14.3 Å². The zero-order chi connectivity index (χ0) is 19.6. The molecule has 1 saturated heterocycles. The van der Waals surface area contributed by atoms with Gasteiger partial charge in [-0.05, 0) is 39.6 Å². The van der Waals surface area contributed by atoms with E-state index in [1.54, 1.807) is 9.58 Å². The van der Waals surface area contributed by atoms with E-state index in [1.165, 1.54) is 0 Å². The van der Waals surface area contributed by atoms with E-state index in [1.807, 2.05) is 58.7 Å². The number of likely N-dealkylation sites (N-methyl/N-ethyl adjacent to an activating group) is 1. The second-order valence-corrected chi connectivity index (χ2v) is 7.31. The van der Waals surface area contributed by atoms with E-state index in [-0.39, 0.29) is 17.9 Å². The summed E-state index contributed by atoms with van der Waals surface area (Å²) in [5, 5.41) is 7.26. The lowest BCUT2D eigenvalue weighted by atomic mass is 10.1. The Hall–Kier alpha value is -2.67. The molecule has 1 aromatic heterocycles. The lowest BCUT2D eigenvalue weighted by Crippen LogP contribution is -2.35. The third-order valence-electron chi connectivity index (χ3n) is 4.95. The van der Waals surface area contributed by atoms with Crippen molar-refractivity contribution in [3.63, 3.8) is 0 Å². The molecule has 1 fully saturated rings. The predicted molar refractivity (Wildman–Crippen MR) is 105 cm³/mol. The number of amides is 2. The molecule has 144 valence electrons. The molecule has 1 aliphatic rings. The Balaban J connectivity index is 1.79. The van der Waals surface area contributed by atoms with Gasteiger partial charge in [-0.15, -0.1) is 0 Å². The van der Waals surface area contributed by atoms with Crippen LogP contribution in [0.3, 0.4) is 0 Å². The first kappa shape index (κ1) is 19.1. The Morgan fingerprint density at radius 2 is 2.15 bits per heavy atom. The Morgan fingerprint density at radius 3 is 2.74 bits per heavy atom. The first-order valence-electron chi connectivity index (χ1n) is 9.21. The molecular formula is C20H27N5O2. The molecule has 0 bridgehead atoms. The lowest BCUT2D eigenvalue weighted by molar-refractivity contribution is -0.117. The first-order chi connectivity index (χ1) is 12.9. The highest BCUT2D eigenvalue weighted by Gasteiger charge is 2.26. The first-order valence-corrected chi connectivity index (χ1v) is 9.21. The summed E-state index contributed by atoms with van der Waals surface area (Å²) in [6.45, 7) is 3.07. The van der Waals surface area contributed by atoms with Crippen LogP contribution in [-0.4, -0.2) is 53.7 Å². The second-order valence-electron chi connectivity index (χ2n) is 7.31. The van der Waals surface area contributed by atoms with Crippen molar-refractivity contribution in [2.75, 3.05) is 32.1 Å². The smallest absolute Gasteiger partial charge is 0.253 e. The van der Waals surface area contributed by atoms with Crippen LogP contribution in [0.15, 0.2) is 30.6 Å². The maximum Gasteiger partial charge on any atom is 0.253 e. The number of carbonyl (C=O) groups is 2. The second kappa shape index (κ2) is 7.92. The van der Waals surface area contributed by atoms with Crippen LogP contribution in [0.1, 0.15) is 40.4 Å². The minimum atomic E-state index is -0.163. The van der Waals surface area contributed by atoms with Crippen LogP contribution in [0.2, 0.25) is 0 Å². The van der Waals surface area contributed by atoms with Gasteiger partial charge in [-0.25, -0.2) is 0 Å². The highest BCUT2D eigenvalue weighted by Crippen LogP contribution is 2.27. The maximum atomic E-state index is 13.0. The van der Waals surface area contributed by atoms with E-state index in [4.69, 9.17) is 0 Å². The van der Waals surface area contributed by atoms with Gasteiger partial charge in [0.2, 0.25) is 5.91 Å². The standard InChI is InChI=1S/C20H27N5O2/c1-14-7-8-17(25-9-5-6-19(25)26)16(10-14)20(27)21-12-18(23(2)3)15-11-22-24(4)13-15/h7-8,10-11,13,18H,5-6,9,12H2,1-4H3,(H,21,27). The monoisotopic (exact) mass is 369 g/mol. The molecule has 0 aliphatic carbocycles. The third kappa shape index (κ3) is 4.19. The number of nitrogens with zero attached hydrogens (tertiary/aromatic N) is 4. The molecule has 7 heteroatoms. The van der Waals surface area contributed by atoms with Crippen molar-refractivity contribution in [3.05, 3.63) is 47.3 Å². The van der Waals surface area contributed by atoms with Gasteiger partial charge in [-0.2, -0.15) is 5.10 Å². The number of hydrogen-bond acceptors (Lipinski definition) is 4. The number of nitrogens with one attached hydrogen (secondary N) is 1. The van der Waals surface area contributed by atoms with E-state index in [2.05, 4.69) is 15.3 Å². The molecule has 1 aromatic carbocycles. The lowest BCUT2D eigenvalue weighted by Gasteiger charge is -2.24. The maximum absolute atomic E-state index is 13.0. The Bertz CT molecular complexity index is 843. The molecule has 1 unspecified atom stereocenters. The molecule has 0 spiro atoms. The van der Waals surface area contributed by atoms with Crippen LogP contribution in [-0.2, 0) is 11.8 Å². The molecule has 2 aromatic rings. The summed E-state index contributed by atoms with van der Waals surface area (Å²) in [6.07, 6.45) is 5.14. The number of aromatic nitrogens is 2. The summed E-state index contributed by atoms with van der Waals surface area (Å²) in [5.74, 6) is -0.0847. The molecule has 7 nitrogen and oxygen atoms in total. The summed E-state index contributed by atoms with van der Waals surface area (Å²) in [5.41, 5.74) is 3.28. The van der Waals surface area contributed by atoms with Crippen molar-refractivity contribution in [2.45, 2.75) is 25.8 Å². The van der Waals surface area contributed by atoms with Gasteiger partial charge in [0.1, 0.15) is 0 Å². The topological polar surface area (TPSA) is 70.5 Å². The average molecular weight is 369 g/mol. The molecule has 1 N–H and O–H groups in total. The van der Waals surface area contributed by atoms with Crippen molar-refractivity contribution < 1.29 is 9.59 Å². The van der Waals surface area contributed by atoms with E-state index < -0.39 is 0 Å². The van der Waals surface area contributed by atoms with Crippen molar-refractivity contribution in [1.82, 2.24) is 20.0 Å². The third-order valence-corrected chi connectivity index (χ3v) is 4.95. The minimum Gasteiger partial charge on any atom is -0.350 e. The van der Waals surface area contributed by atoms with Crippen molar-refractivity contribution in [3.8, 4) is 0 Å². The molecule has 27 heavy (non-hydrogen) atoms. The average Bonchev–Trinajstić information content (AvgIpc) is 3.23. The zero-order valence-electron chi connectivity index (χ0n) is 16.4. The largest absolute Gasteiger partial charge is 0.350 e. The van der Waals surface area contributed by atoms with E-state index in [9.17, 15) is 9.59 Å². The summed E-state index contributed by atoms with van der Waals surface area (Å²) in [7, 11) is 5.83. The fourth-order valence-electron chi connectivity index (χ4n) is 3.47. The van der Waals surface area contributed by atoms with Crippen LogP contribution >= 0.6 is 0 Å². The van der Waals surface area contributed by atoms with Crippen molar-refractivity contribution >= 4 is 17.5 Å². The van der Waals surface area contributed by atoms with Gasteiger partial charge in [0.15, 0.2) is 0 Å². The van der Waals surface area contributed by atoms with Gasteiger partial charge < -0.3 is 15.1 Å². The van der Waals surface area contributed by atoms with E-state index in [0.29, 0.717) is 30.8 Å². The normalized spacial score (nSPS) is 15.4. The molecule has 2 amide bonds. The number of anilines is 1. The predicted octanol–water partition coefficient (Wildman–Crippen LogP) is 1.89. The van der Waals surface area contributed by atoms with Gasteiger partial charge >= 0.3 is 0 Å². The molecule has 0 saturated carbocycles. The van der Waals surface area contributed by atoms with Crippen LogP contribution < -0.4 is 10.2 Å². The van der Waals surface area contributed by atoms with Gasteiger partial charge in [0.05, 0.1) is 23.5 Å². The van der Waals surface area contributed by atoms with E-state index >= 15 is 0 Å². The van der Waals surface area contributed by atoms with Crippen LogP contribution in [0.25, 0.3) is 0 Å². The summed E-state index contributed by atoms with van der Waals surface area (Å²) in [6, 6.07) is 5.68. The summed E-state index contributed by atoms with van der Waals surface area (Å²) >= 11 is 0. The van der Waals surface area contributed by atoms with Crippen LogP contribution in [0, 0.1) is 6.92 Å².